The molecule has 0 saturated heterocycles. The zero-order valence-corrected chi connectivity index (χ0v) is 9.87. The molecule has 0 radical (unpaired) electrons. The number of aromatic nitrogens is 2. The van der Waals surface area contributed by atoms with Gasteiger partial charge in [0, 0.05) is 24.4 Å². The Kier molecular flexibility index (Phi) is 6.27. The Balaban J connectivity index is 2.18. The molecule has 1 aromatic heterocycles. The number of hydrogen-bond acceptors (Lipinski definition) is 4. The number of rotatable bonds is 6. The molecule has 0 atom stereocenters. The van der Waals surface area contributed by atoms with Gasteiger partial charge < -0.3 is 0 Å². The quantitative estimate of drug-likeness (QED) is 0.365. The molecule has 1 heterocycles. The molecular weight excluding hydrogens is 241 g/mol. The molecule has 0 aliphatic heterocycles. The van der Waals surface area contributed by atoms with Gasteiger partial charge in [0.05, 0.1) is 5.69 Å². The van der Waals surface area contributed by atoms with Gasteiger partial charge in [0.15, 0.2) is 0 Å². The van der Waals surface area contributed by atoms with E-state index in [-0.39, 0.29) is 5.28 Å². The third-order valence-electron chi connectivity index (χ3n) is 1.42. The Morgan fingerprint density at radius 1 is 1.50 bits per heavy atom. The van der Waals surface area contributed by atoms with E-state index in [0.717, 1.165) is 17.9 Å². The predicted octanol–water partition coefficient (Wildman–Crippen LogP) is 2.50. The number of halogens is 2. The summed E-state index contributed by atoms with van der Waals surface area (Å²) in [4.78, 5) is 7.84. The van der Waals surface area contributed by atoms with Gasteiger partial charge in [-0.3, -0.25) is 4.72 Å². The average Bonchev–Trinajstić information content (AvgIpc) is 2.18. The van der Waals surface area contributed by atoms with Gasteiger partial charge in [-0.2, -0.15) is 0 Å². The number of nitrogens with zero attached hydrogens (tertiary/aromatic N) is 2. The lowest BCUT2D eigenvalue weighted by Gasteiger charge is -2.02. The van der Waals surface area contributed by atoms with Crippen molar-refractivity contribution in [2.24, 2.45) is 0 Å². The summed E-state index contributed by atoms with van der Waals surface area (Å²) in [5.41, 5.74) is 0.892. The minimum absolute atomic E-state index is 0.287. The van der Waals surface area contributed by atoms with Crippen LogP contribution in [0.2, 0.25) is 5.28 Å². The van der Waals surface area contributed by atoms with E-state index in [1.54, 1.807) is 18.1 Å². The maximum absolute atomic E-state index is 5.63. The first kappa shape index (κ1) is 12.0. The van der Waals surface area contributed by atoms with Crippen LogP contribution < -0.4 is 4.72 Å². The lowest BCUT2D eigenvalue weighted by Crippen LogP contribution is -2.06. The summed E-state index contributed by atoms with van der Waals surface area (Å²) in [6.45, 7) is 0.690. The van der Waals surface area contributed by atoms with Gasteiger partial charge >= 0.3 is 0 Å². The first-order chi connectivity index (χ1) is 6.83. The van der Waals surface area contributed by atoms with Gasteiger partial charge in [0.1, 0.15) is 0 Å². The van der Waals surface area contributed by atoms with Gasteiger partial charge in [-0.15, -0.1) is 11.6 Å². The lowest BCUT2D eigenvalue weighted by atomic mass is 10.4. The van der Waals surface area contributed by atoms with Crippen LogP contribution in [0.5, 0.6) is 0 Å². The Hall–Kier alpha value is -0.0300. The van der Waals surface area contributed by atoms with Gasteiger partial charge in [-0.1, -0.05) is 11.9 Å². The molecular formula is C8H11Cl2N3S. The summed E-state index contributed by atoms with van der Waals surface area (Å²) in [6, 6.07) is 1.83. The Bertz CT molecular complexity index is 273. The third-order valence-corrected chi connectivity index (χ3v) is 2.71. The molecule has 0 amide bonds. The molecule has 14 heavy (non-hydrogen) atoms. The highest BCUT2D eigenvalue weighted by Crippen LogP contribution is 2.03. The second kappa shape index (κ2) is 7.29. The van der Waals surface area contributed by atoms with Crippen molar-refractivity contribution in [2.75, 3.05) is 11.6 Å². The van der Waals surface area contributed by atoms with Crippen molar-refractivity contribution in [3.8, 4) is 0 Å². The maximum atomic E-state index is 5.63. The van der Waals surface area contributed by atoms with E-state index in [4.69, 9.17) is 23.2 Å². The molecule has 0 fully saturated rings. The fourth-order valence-corrected chi connectivity index (χ4v) is 1.93. The van der Waals surface area contributed by atoms with E-state index >= 15 is 0 Å². The second-order valence-corrected chi connectivity index (χ2v) is 4.23. The zero-order valence-electron chi connectivity index (χ0n) is 7.54. The van der Waals surface area contributed by atoms with Gasteiger partial charge in [-0.05, 0) is 24.1 Å². The highest BCUT2D eigenvalue weighted by molar-refractivity contribution is 7.97. The fourth-order valence-electron chi connectivity index (χ4n) is 0.792. The summed E-state index contributed by atoms with van der Waals surface area (Å²) in [5, 5.41) is 0.287. The van der Waals surface area contributed by atoms with E-state index in [9.17, 15) is 0 Å². The van der Waals surface area contributed by atoms with Crippen molar-refractivity contribution in [1.29, 1.82) is 0 Å². The van der Waals surface area contributed by atoms with Crippen LogP contribution in [0, 0.1) is 0 Å². The van der Waals surface area contributed by atoms with Gasteiger partial charge in [0.25, 0.3) is 0 Å². The molecule has 3 nitrogen and oxygen atoms in total. The molecule has 0 aliphatic rings. The van der Waals surface area contributed by atoms with E-state index in [1.807, 2.05) is 6.07 Å². The summed E-state index contributed by atoms with van der Waals surface area (Å²) < 4.78 is 3.17. The topological polar surface area (TPSA) is 37.8 Å². The first-order valence-electron chi connectivity index (χ1n) is 4.21. The molecule has 0 aromatic carbocycles. The fraction of sp³-hybridized carbons (Fsp3) is 0.500. The molecule has 0 bridgehead atoms. The van der Waals surface area contributed by atoms with Crippen LogP contribution in [0.4, 0.5) is 0 Å². The second-order valence-electron chi connectivity index (χ2n) is 2.53. The van der Waals surface area contributed by atoms with Crippen molar-refractivity contribution in [1.82, 2.24) is 14.7 Å². The minimum Gasteiger partial charge on any atom is -0.258 e. The first-order valence-corrected chi connectivity index (χ1v) is 6.11. The van der Waals surface area contributed by atoms with Crippen LogP contribution in [0.1, 0.15) is 12.1 Å². The molecule has 0 spiro atoms. The summed E-state index contributed by atoms with van der Waals surface area (Å²) in [7, 11) is 0. The predicted molar refractivity (Wildman–Crippen MR) is 61.7 cm³/mol. The van der Waals surface area contributed by atoms with Crippen LogP contribution in [0.25, 0.3) is 0 Å². The molecule has 1 N–H and O–H groups in total. The van der Waals surface area contributed by atoms with Crippen molar-refractivity contribution < 1.29 is 0 Å². The van der Waals surface area contributed by atoms with Crippen molar-refractivity contribution >= 4 is 35.1 Å². The summed E-state index contributed by atoms with van der Waals surface area (Å²) >= 11 is 12.8. The SMILES string of the molecule is ClCCCSNCc1ccnc(Cl)n1. The average molecular weight is 252 g/mol. The number of hydrogen-bond donors (Lipinski definition) is 1. The van der Waals surface area contributed by atoms with Crippen LogP contribution in [0.3, 0.4) is 0 Å². The maximum Gasteiger partial charge on any atom is 0.222 e. The molecule has 1 aromatic rings. The van der Waals surface area contributed by atoms with Crippen molar-refractivity contribution in [3.05, 3.63) is 23.2 Å². The molecule has 0 unspecified atom stereocenters. The highest BCUT2D eigenvalue weighted by Gasteiger charge is 1.96. The third kappa shape index (κ3) is 5.00. The summed E-state index contributed by atoms with van der Waals surface area (Å²) in [6.07, 6.45) is 2.65. The van der Waals surface area contributed by atoms with Crippen molar-refractivity contribution in [3.63, 3.8) is 0 Å². The van der Waals surface area contributed by atoms with E-state index in [0.29, 0.717) is 12.4 Å². The van der Waals surface area contributed by atoms with Crippen LogP contribution >= 0.6 is 35.1 Å². The molecule has 1 rings (SSSR count). The minimum atomic E-state index is 0.287. The van der Waals surface area contributed by atoms with Crippen LogP contribution in [-0.2, 0) is 6.54 Å². The van der Waals surface area contributed by atoms with E-state index in [2.05, 4.69) is 14.7 Å². The summed E-state index contributed by atoms with van der Waals surface area (Å²) in [5.74, 6) is 1.70. The molecule has 78 valence electrons. The Morgan fingerprint density at radius 3 is 3.07 bits per heavy atom. The van der Waals surface area contributed by atoms with Crippen LogP contribution in [-0.4, -0.2) is 21.6 Å². The molecule has 0 aliphatic carbocycles. The van der Waals surface area contributed by atoms with E-state index < -0.39 is 0 Å². The molecule has 6 heteroatoms. The zero-order chi connectivity index (χ0) is 10.2. The normalized spacial score (nSPS) is 10.4. The van der Waals surface area contributed by atoms with Gasteiger partial charge in [-0.25, -0.2) is 9.97 Å². The lowest BCUT2D eigenvalue weighted by molar-refractivity contribution is 0.903. The van der Waals surface area contributed by atoms with Crippen molar-refractivity contribution in [2.45, 2.75) is 13.0 Å². The Labute approximate surface area is 97.7 Å². The standard InChI is InChI=1S/C8H11Cl2N3S/c9-3-1-5-14-12-6-7-2-4-11-8(10)13-7/h2,4,12H,1,3,5-6H2. The molecule has 0 saturated carbocycles. The highest BCUT2D eigenvalue weighted by atomic mass is 35.5. The smallest absolute Gasteiger partial charge is 0.222 e. The monoisotopic (exact) mass is 251 g/mol. The number of alkyl halides is 1. The van der Waals surface area contributed by atoms with Crippen LogP contribution in [0.15, 0.2) is 12.3 Å². The largest absolute Gasteiger partial charge is 0.258 e. The number of nitrogens with one attached hydrogen (secondary N) is 1. The van der Waals surface area contributed by atoms with E-state index in [1.165, 1.54) is 0 Å². The Morgan fingerprint density at radius 2 is 2.36 bits per heavy atom. The van der Waals surface area contributed by atoms with Gasteiger partial charge in [0.2, 0.25) is 5.28 Å².